The maximum Gasteiger partial charge on any atom is 0.411 e. The van der Waals surface area contributed by atoms with E-state index in [2.05, 4.69) is 42.5 Å². The van der Waals surface area contributed by atoms with Crippen LogP contribution in [-0.2, 0) is 5.41 Å². The first-order valence-electron chi connectivity index (χ1n) is 11.9. The van der Waals surface area contributed by atoms with Gasteiger partial charge in [-0.25, -0.2) is 0 Å². The van der Waals surface area contributed by atoms with Gasteiger partial charge in [-0.15, -0.1) is 0 Å². The second kappa shape index (κ2) is 12.5. The average Bonchev–Trinajstić information content (AvgIpc) is 2.92. The highest BCUT2D eigenvalue weighted by Crippen LogP contribution is 2.58. The summed E-state index contributed by atoms with van der Waals surface area (Å²) in [6.07, 6.45) is -11.9. The van der Waals surface area contributed by atoms with E-state index in [-0.39, 0.29) is 31.4 Å². The Morgan fingerprint density at radius 3 is 1.19 bits per heavy atom. The highest BCUT2D eigenvalue weighted by molar-refractivity contribution is 9.11. The van der Waals surface area contributed by atoms with Crippen LogP contribution in [0.15, 0.2) is 93.9 Å². The quantitative estimate of drug-likeness (QED) is 0.192. The highest BCUT2D eigenvalue weighted by atomic mass is 79.9. The molecule has 0 fully saturated rings. The fourth-order valence-corrected chi connectivity index (χ4v) is 6.23. The largest absolute Gasteiger partial charge is 0.411 e. The van der Waals surface area contributed by atoms with E-state index < -0.39 is 50.8 Å². The van der Waals surface area contributed by atoms with E-state index >= 15 is 0 Å². The van der Waals surface area contributed by atoms with Crippen LogP contribution in [0.4, 0.5) is 37.7 Å². The molecular formula is C29H16Br2Cl2F6N2O2. The van der Waals surface area contributed by atoms with E-state index in [0.29, 0.717) is 24.3 Å². The molecule has 0 aliphatic rings. The predicted octanol–water partition coefficient (Wildman–Crippen LogP) is 10.4. The van der Waals surface area contributed by atoms with Crippen molar-refractivity contribution in [3.63, 3.8) is 0 Å². The average molecular weight is 769 g/mol. The summed E-state index contributed by atoms with van der Waals surface area (Å²) in [5.41, 5.74) is -7.37. The van der Waals surface area contributed by atoms with Crippen molar-refractivity contribution in [2.24, 2.45) is 0 Å². The molecule has 0 spiro atoms. The number of hydrogen-bond donors (Lipinski definition) is 2. The molecular weight excluding hydrogens is 753 g/mol. The first kappa shape index (κ1) is 32.8. The molecule has 43 heavy (non-hydrogen) atoms. The van der Waals surface area contributed by atoms with Gasteiger partial charge in [0.15, 0.2) is 0 Å². The van der Waals surface area contributed by atoms with Gasteiger partial charge in [-0.3, -0.25) is 9.59 Å². The summed E-state index contributed by atoms with van der Waals surface area (Å²) in [5.74, 6) is -1.39. The third kappa shape index (κ3) is 6.43. The number of amides is 2. The van der Waals surface area contributed by atoms with Crippen molar-refractivity contribution >= 4 is 78.3 Å². The van der Waals surface area contributed by atoms with Gasteiger partial charge in [-0.2, -0.15) is 26.3 Å². The Kier molecular flexibility index (Phi) is 9.55. The molecule has 4 nitrogen and oxygen atoms in total. The van der Waals surface area contributed by atoms with E-state index in [9.17, 15) is 35.9 Å². The summed E-state index contributed by atoms with van der Waals surface area (Å²) in [5, 5.41) is 3.61. The Morgan fingerprint density at radius 2 is 0.907 bits per heavy atom. The Balaban J connectivity index is 1.85. The molecule has 2 N–H and O–H groups in total. The number of halogens is 10. The summed E-state index contributed by atoms with van der Waals surface area (Å²) in [7, 11) is 0. The summed E-state index contributed by atoms with van der Waals surface area (Å²) in [4.78, 5) is 25.2. The zero-order valence-electron chi connectivity index (χ0n) is 21.2. The summed E-state index contributed by atoms with van der Waals surface area (Å²) >= 11 is 18.3. The van der Waals surface area contributed by atoms with Crippen LogP contribution < -0.4 is 10.6 Å². The molecule has 224 valence electrons. The Bertz CT molecular complexity index is 1510. The summed E-state index contributed by atoms with van der Waals surface area (Å²) in [6.45, 7) is 0. The van der Waals surface area contributed by atoms with Gasteiger partial charge in [0, 0.05) is 20.1 Å². The van der Waals surface area contributed by atoms with E-state index in [4.69, 9.17) is 23.2 Å². The number of anilines is 2. The SMILES string of the molecule is O=C(Nc1c(Cl)cc(C(c2cc(Cl)c(NC(=O)c3ccccc3)c(Br)c2)(C(F)(F)F)C(F)(F)F)cc1Br)c1ccccc1. The Hall–Kier alpha value is -3.06. The van der Waals surface area contributed by atoms with Crippen LogP contribution in [0, 0.1) is 0 Å². The predicted molar refractivity (Wildman–Crippen MR) is 160 cm³/mol. The highest BCUT2D eigenvalue weighted by Gasteiger charge is 2.72. The molecule has 0 bridgehead atoms. The van der Waals surface area contributed by atoms with Crippen molar-refractivity contribution in [1.29, 1.82) is 0 Å². The van der Waals surface area contributed by atoms with Gasteiger partial charge < -0.3 is 10.6 Å². The Morgan fingerprint density at radius 1 is 0.581 bits per heavy atom. The van der Waals surface area contributed by atoms with Gasteiger partial charge in [0.2, 0.25) is 5.41 Å². The third-order valence-corrected chi connectivity index (χ3v) is 8.20. The molecule has 0 radical (unpaired) electrons. The first-order chi connectivity index (χ1) is 20.1. The fraction of sp³-hybridized carbons (Fsp3) is 0.103. The number of carbonyl (C=O) groups excluding carboxylic acids is 2. The molecule has 0 atom stereocenters. The monoisotopic (exact) mass is 766 g/mol. The molecule has 0 saturated carbocycles. The van der Waals surface area contributed by atoms with Gasteiger partial charge >= 0.3 is 12.4 Å². The molecule has 4 aromatic rings. The molecule has 0 unspecified atom stereocenters. The second-order valence-electron chi connectivity index (χ2n) is 9.02. The third-order valence-electron chi connectivity index (χ3n) is 6.35. The maximum absolute atomic E-state index is 14.9. The maximum atomic E-state index is 14.9. The van der Waals surface area contributed by atoms with Crippen LogP contribution in [0.5, 0.6) is 0 Å². The number of alkyl halides is 6. The Labute approximate surface area is 267 Å². The summed E-state index contributed by atoms with van der Waals surface area (Å²) in [6, 6.07) is 17.5. The van der Waals surface area contributed by atoms with E-state index in [0.717, 1.165) is 0 Å². The molecule has 0 aliphatic heterocycles. The minimum atomic E-state index is -5.97. The van der Waals surface area contributed by atoms with Crippen LogP contribution in [0.3, 0.4) is 0 Å². The number of hydrogen-bond acceptors (Lipinski definition) is 2. The van der Waals surface area contributed by atoms with Crippen molar-refractivity contribution in [3.8, 4) is 0 Å². The minimum Gasteiger partial charge on any atom is -0.320 e. The van der Waals surface area contributed by atoms with E-state index in [1.165, 1.54) is 24.3 Å². The zero-order valence-corrected chi connectivity index (χ0v) is 25.9. The van der Waals surface area contributed by atoms with Gasteiger partial charge in [0.25, 0.3) is 11.8 Å². The minimum absolute atomic E-state index is 0.174. The van der Waals surface area contributed by atoms with Crippen LogP contribution in [0.1, 0.15) is 31.8 Å². The van der Waals surface area contributed by atoms with Crippen LogP contribution >= 0.6 is 55.1 Å². The fourth-order valence-electron chi connectivity index (χ4n) is 4.35. The van der Waals surface area contributed by atoms with Crippen LogP contribution in [0.2, 0.25) is 10.0 Å². The van der Waals surface area contributed by atoms with Crippen LogP contribution in [0.25, 0.3) is 0 Å². The van der Waals surface area contributed by atoms with Gasteiger partial charge in [0.05, 0.1) is 21.4 Å². The van der Waals surface area contributed by atoms with E-state index in [1.807, 2.05) is 0 Å². The zero-order chi connectivity index (χ0) is 31.7. The summed E-state index contributed by atoms with van der Waals surface area (Å²) < 4.78 is 88.5. The molecule has 0 aromatic heterocycles. The van der Waals surface area contributed by atoms with Crippen molar-refractivity contribution in [2.75, 3.05) is 10.6 Å². The van der Waals surface area contributed by atoms with E-state index in [1.54, 1.807) is 36.4 Å². The standard InChI is InChI=1S/C29H16Br2Cl2F6N2O2/c30-19-11-17(13-21(32)23(19)40-25(42)15-7-3-1-4-8-15)27(28(34,35)36,29(37,38)39)18-12-20(31)24(22(33)14-18)41-26(43)16-9-5-2-6-10-16/h1-14H,(H,40,42)(H,41,43). The number of rotatable bonds is 6. The lowest BCUT2D eigenvalue weighted by molar-refractivity contribution is -0.288. The molecule has 0 aliphatic carbocycles. The second-order valence-corrected chi connectivity index (χ2v) is 11.5. The van der Waals surface area contributed by atoms with Gasteiger partial charge in [-0.05, 0) is 91.5 Å². The topological polar surface area (TPSA) is 58.2 Å². The molecule has 2 amide bonds. The lowest BCUT2D eigenvalue weighted by Crippen LogP contribution is -2.54. The molecule has 0 heterocycles. The molecule has 0 saturated heterocycles. The lowest BCUT2D eigenvalue weighted by atomic mass is 9.72. The van der Waals surface area contributed by atoms with Gasteiger partial charge in [0.1, 0.15) is 0 Å². The number of carbonyl (C=O) groups is 2. The number of nitrogens with one attached hydrogen (secondary N) is 2. The van der Waals surface area contributed by atoms with Crippen molar-refractivity contribution < 1.29 is 35.9 Å². The molecule has 4 aromatic carbocycles. The van der Waals surface area contributed by atoms with Crippen molar-refractivity contribution in [2.45, 2.75) is 17.8 Å². The molecule has 14 heteroatoms. The van der Waals surface area contributed by atoms with Crippen LogP contribution in [-0.4, -0.2) is 24.2 Å². The lowest BCUT2D eigenvalue weighted by Gasteiger charge is -2.39. The number of benzene rings is 4. The smallest absolute Gasteiger partial charge is 0.320 e. The first-order valence-corrected chi connectivity index (χ1v) is 14.3. The molecule has 4 rings (SSSR count). The normalized spacial score (nSPS) is 12.1. The van der Waals surface area contributed by atoms with Crippen molar-refractivity contribution in [1.82, 2.24) is 0 Å². The van der Waals surface area contributed by atoms with Gasteiger partial charge in [-0.1, -0.05) is 59.6 Å². The van der Waals surface area contributed by atoms with Crippen molar-refractivity contribution in [3.05, 3.63) is 126 Å².